The maximum atomic E-state index is 12.0. The first-order chi connectivity index (χ1) is 6.09. The Kier molecular flexibility index (Phi) is 3.40. The summed E-state index contributed by atoms with van der Waals surface area (Å²) in [4.78, 5) is 0. The minimum atomic E-state index is -2.25. The summed E-state index contributed by atoms with van der Waals surface area (Å²) in [7, 11) is 0. The molecular formula is C11H14F2. The van der Waals surface area contributed by atoms with Crippen LogP contribution in [0.4, 0.5) is 8.78 Å². The monoisotopic (exact) mass is 184 g/mol. The molecule has 0 saturated heterocycles. The molecule has 2 heteroatoms. The van der Waals surface area contributed by atoms with Gasteiger partial charge in [-0.2, -0.15) is 0 Å². The zero-order chi connectivity index (χ0) is 9.84. The van der Waals surface area contributed by atoms with Gasteiger partial charge in [0.15, 0.2) is 0 Å². The van der Waals surface area contributed by atoms with Gasteiger partial charge in [-0.25, -0.2) is 8.78 Å². The topological polar surface area (TPSA) is 0 Å². The molecule has 0 unspecified atom stereocenters. The third-order valence-corrected chi connectivity index (χ3v) is 2.04. The second-order valence-electron chi connectivity index (χ2n) is 3.49. The SMILES string of the molecule is CC(C)c1ccc(CC(F)F)cc1. The number of halogens is 2. The Morgan fingerprint density at radius 1 is 1.08 bits per heavy atom. The number of hydrogen-bond donors (Lipinski definition) is 0. The van der Waals surface area contributed by atoms with Gasteiger partial charge < -0.3 is 0 Å². The molecule has 72 valence electrons. The van der Waals surface area contributed by atoms with Gasteiger partial charge in [-0.3, -0.25) is 0 Å². The van der Waals surface area contributed by atoms with E-state index in [1.807, 2.05) is 12.1 Å². The van der Waals surface area contributed by atoms with Crippen molar-refractivity contribution in [1.29, 1.82) is 0 Å². The van der Waals surface area contributed by atoms with Crippen LogP contribution in [0.5, 0.6) is 0 Å². The van der Waals surface area contributed by atoms with Crippen molar-refractivity contribution in [3.05, 3.63) is 35.4 Å². The zero-order valence-electron chi connectivity index (χ0n) is 7.93. The fourth-order valence-corrected chi connectivity index (χ4v) is 1.22. The smallest absolute Gasteiger partial charge is 0.210 e. The molecule has 0 fully saturated rings. The molecule has 0 saturated carbocycles. The van der Waals surface area contributed by atoms with Crippen molar-refractivity contribution in [1.82, 2.24) is 0 Å². The number of benzene rings is 1. The largest absolute Gasteiger partial charge is 0.242 e. The Labute approximate surface area is 77.6 Å². The Balaban J connectivity index is 2.70. The molecule has 0 aromatic heterocycles. The van der Waals surface area contributed by atoms with Crippen molar-refractivity contribution in [2.45, 2.75) is 32.6 Å². The highest BCUT2D eigenvalue weighted by Gasteiger charge is 2.04. The summed E-state index contributed by atoms with van der Waals surface area (Å²) in [5, 5.41) is 0. The molecule has 0 N–H and O–H groups in total. The maximum absolute atomic E-state index is 12.0. The van der Waals surface area contributed by atoms with Crippen molar-refractivity contribution in [2.75, 3.05) is 0 Å². The highest BCUT2D eigenvalue weighted by Crippen LogP contribution is 2.16. The van der Waals surface area contributed by atoms with E-state index in [9.17, 15) is 8.78 Å². The van der Waals surface area contributed by atoms with Gasteiger partial charge in [0.05, 0.1) is 0 Å². The number of hydrogen-bond acceptors (Lipinski definition) is 0. The minimum absolute atomic E-state index is 0.141. The third-order valence-electron chi connectivity index (χ3n) is 2.04. The van der Waals surface area contributed by atoms with Crippen LogP contribution in [0.2, 0.25) is 0 Å². The molecule has 1 aromatic carbocycles. The fourth-order valence-electron chi connectivity index (χ4n) is 1.22. The van der Waals surface area contributed by atoms with E-state index in [1.165, 1.54) is 5.56 Å². The average Bonchev–Trinajstić information content (AvgIpc) is 2.04. The highest BCUT2D eigenvalue weighted by molar-refractivity contribution is 5.24. The number of rotatable bonds is 3. The van der Waals surface area contributed by atoms with Crippen LogP contribution in [-0.4, -0.2) is 6.43 Å². The summed E-state index contributed by atoms with van der Waals surface area (Å²) in [5.74, 6) is 0.459. The van der Waals surface area contributed by atoms with Gasteiger partial charge in [0.25, 0.3) is 0 Å². The van der Waals surface area contributed by atoms with Gasteiger partial charge >= 0.3 is 0 Å². The summed E-state index contributed by atoms with van der Waals surface area (Å²) in [6.07, 6.45) is -2.39. The molecule has 1 rings (SSSR count). The average molecular weight is 184 g/mol. The van der Waals surface area contributed by atoms with Crippen LogP contribution in [0.25, 0.3) is 0 Å². The third kappa shape index (κ3) is 3.13. The lowest BCUT2D eigenvalue weighted by Crippen LogP contribution is -1.97. The molecular weight excluding hydrogens is 170 g/mol. The van der Waals surface area contributed by atoms with E-state index in [1.54, 1.807) is 12.1 Å². The van der Waals surface area contributed by atoms with Gasteiger partial charge in [0.1, 0.15) is 0 Å². The van der Waals surface area contributed by atoms with Crippen molar-refractivity contribution in [2.24, 2.45) is 0 Å². The van der Waals surface area contributed by atoms with Crippen LogP contribution < -0.4 is 0 Å². The highest BCUT2D eigenvalue weighted by atomic mass is 19.3. The normalized spacial score (nSPS) is 11.2. The molecule has 0 nitrogen and oxygen atoms in total. The molecule has 0 atom stereocenters. The van der Waals surface area contributed by atoms with Crippen LogP contribution in [0.3, 0.4) is 0 Å². The van der Waals surface area contributed by atoms with Crippen LogP contribution in [0.1, 0.15) is 30.9 Å². The fraction of sp³-hybridized carbons (Fsp3) is 0.455. The summed E-state index contributed by atoms with van der Waals surface area (Å²) in [5.41, 5.74) is 1.90. The lowest BCUT2D eigenvalue weighted by Gasteiger charge is -2.06. The maximum Gasteiger partial charge on any atom is 0.242 e. The van der Waals surface area contributed by atoms with Crippen LogP contribution in [0.15, 0.2) is 24.3 Å². The Morgan fingerprint density at radius 2 is 1.62 bits per heavy atom. The van der Waals surface area contributed by atoms with Crippen molar-refractivity contribution in [3.8, 4) is 0 Å². The second-order valence-corrected chi connectivity index (χ2v) is 3.49. The molecule has 13 heavy (non-hydrogen) atoms. The van der Waals surface area contributed by atoms with E-state index < -0.39 is 6.43 Å². The standard InChI is InChI=1S/C11H14F2/c1-8(2)10-5-3-9(4-6-10)7-11(12)13/h3-6,8,11H,7H2,1-2H3. The van der Waals surface area contributed by atoms with Crippen LogP contribution >= 0.6 is 0 Å². The van der Waals surface area contributed by atoms with Gasteiger partial charge in [-0.15, -0.1) is 0 Å². The summed E-state index contributed by atoms with van der Waals surface area (Å²) in [6.45, 7) is 4.17. The summed E-state index contributed by atoms with van der Waals surface area (Å²) < 4.78 is 24.0. The van der Waals surface area contributed by atoms with Crippen molar-refractivity contribution in [3.63, 3.8) is 0 Å². The van der Waals surface area contributed by atoms with Crippen LogP contribution in [-0.2, 0) is 6.42 Å². The molecule has 0 bridgehead atoms. The van der Waals surface area contributed by atoms with E-state index >= 15 is 0 Å². The molecule has 0 heterocycles. The van der Waals surface area contributed by atoms with E-state index in [0.29, 0.717) is 11.5 Å². The van der Waals surface area contributed by atoms with Gasteiger partial charge in [-0.1, -0.05) is 38.1 Å². The minimum Gasteiger partial charge on any atom is -0.210 e. The van der Waals surface area contributed by atoms with Crippen molar-refractivity contribution < 1.29 is 8.78 Å². The molecule has 0 spiro atoms. The first kappa shape index (κ1) is 10.2. The summed E-state index contributed by atoms with van der Waals surface area (Å²) in [6, 6.07) is 7.40. The van der Waals surface area contributed by atoms with E-state index in [0.717, 1.165) is 0 Å². The predicted molar refractivity (Wildman–Crippen MR) is 50.2 cm³/mol. The Bertz CT molecular complexity index is 249. The summed E-state index contributed by atoms with van der Waals surface area (Å²) >= 11 is 0. The number of alkyl halides is 2. The molecule has 0 aliphatic rings. The quantitative estimate of drug-likeness (QED) is 0.673. The predicted octanol–water partition coefficient (Wildman–Crippen LogP) is 3.62. The molecule has 0 radical (unpaired) electrons. The molecule has 0 aliphatic carbocycles. The second kappa shape index (κ2) is 4.35. The lowest BCUT2D eigenvalue weighted by molar-refractivity contribution is 0.149. The van der Waals surface area contributed by atoms with Gasteiger partial charge in [-0.05, 0) is 17.0 Å². The Hall–Kier alpha value is -0.920. The molecule has 0 aliphatic heterocycles. The first-order valence-electron chi connectivity index (χ1n) is 4.46. The van der Waals surface area contributed by atoms with E-state index in [4.69, 9.17) is 0 Å². The molecule has 1 aromatic rings. The first-order valence-corrected chi connectivity index (χ1v) is 4.46. The van der Waals surface area contributed by atoms with Crippen molar-refractivity contribution >= 4 is 0 Å². The van der Waals surface area contributed by atoms with Gasteiger partial charge in [0.2, 0.25) is 6.43 Å². The zero-order valence-corrected chi connectivity index (χ0v) is 7.93. The van der Waals surface area contributed by atoms with E-state index in [2.05, 4.69) is 13.8 Å². The van der Waals surface area contributed by atoms with E-state index in [-0.39, 0.29) is 6.42 Å². The lowest BCUT2D eigenvalue weighted by atomic mass is 10.0. The Morgan fingerprint density at radius 3 is 2.00 bits per heavy atom. The molecule has 0 amide bonds. The van der Waals surface area contributed by atoms with Gasteiger partial charge in [0, 0.05) is 6.42 Å². The van der Waals surface area contributed by atoms with Crippen LogP contribution in [0, 0.1) is 0 Å².